The Morgan fingerprint density at radius 1 is 1.60 bits per heavy atom. The first-order chi connectivity index (χ1) is 8.88. The van der Waals surface area contributed by atoms with Gasteiger partial charge in [0, 0.05) is 24.1 Å². The van der Waals surface area contributed by atoms with Crippen molar-refractivity contribution < 1.29 is 18.0 Å². The Labute approximate surface area is 128 Å². The van der Waals surface area contributed by atoms with E-state index in [9.17, 15) is 18.0 Å². The third-order valence-corrected chi connectivity index (χ3v) is 4.38. The van der Waals surface area contributed by atoms with Crippen molar-refractivity contribution in [3.8, 4) is 0 Å². The molecule has 10 heteroatoms. The fraction of sp³-hybridized carbons (Fsp3) is 0.600. The van der Waals surface area contributed by atoms with E-state index in [0.29, 0.717) is 5.75 Å². The molecule has 0 aromatic carbocycles. The molecule has 0 radical (unpaired) electrons. The minimum Gasteiger partial charge on any atom is -0.338 e. The lowest BCUT2D eigenvalue weighted by molar-refractivity contribution is -0.140. The number of hydrogen-bond acceptors (Lipinski definition) is 5. The Morgan fingerprint density at radius 2 is 2.30 bits per heavy atom. The number of likely N-dealkylation sites (N-methyl/N-ethyl adjacent to an activating group) is 1. The van der Waals surface area contributed by atoms with Crippen LogP contribution in [0.2, 0.25) is 0 Å². The first-order valence-electron chi connectivity index (χ1n) is 5.45. The van der Waals surface area contributed by atoms with E-state index in [-0.39, 0.29) is 35.9 Å². The van der Waals surface area contributed by atoms with Crippen molar-refractivity contribution in [1.29, 1.82) is 0 Å². The lowest BCUT2D eigenvalue weighted by Gasteiger charge is -2.19. The largest absolute Gasteiger partial charge is 0.434 e. The maximum absolute atomic E-state index is 12.4. The number of nitrogens with zero attached hydrogens (tertiary/aromatic N) is 2. The van der Waals surface area contributed by atoms with Gasteiger partial charge in [-0.2, -0.15) is 13.2 Å². The van der Waals surface area contributed by atoms with Gasteiger partial charge in [0.2, 0.25) is 5.91 Å². The highest BCUT2D eigenvalue weighted by molar-refractivity contribution is 7.99. The first-order valence-corrected chi connectivity index (χ1v) is 7.49. The number of rotatable bonds is 3. The average molecular weight is 348 g/mol. The zero-order valence-electron chi connectivity index (χ0n) is 10.4. The molecule has 2 rings (SSSR count). The molecule has 4 nitrogen and oxygen atoms in total. The van der Waals surface area contributed by atoms with Gasteiger partial charge in [0.05, 0.1) is 12.6 Å². The maximum atomic E-state index is 12.4. The van der Waals surface area contributed by atoms with Crippen molar-refractivity contribution in [3.05, 3.63) is 16.1 Å². The summed E-state index contributed by atoms with van der Waals surface area (Å²) >= 11 is 2.54. The molecular weight excluding hydrogens is 335 g/mol. The van der Waals surface area contributed by atoms with Gasteiger partial charge in [-0.3, -0.25) is 10.1 Å². The molecule has 1 fully saturated rings. The SMILES string of the molecule is CN(Cc1nc(C(F)(F)F)cs1)C(=O)C1CSCN1.Cl. The van der Waals surface area contributed by atoms with Gasteiger partial charge < -0.3 is 4.90 Å². The maximum Gasteiger partial charge on any atom is 0.434 e. The van der Waals surface area contributed by atoms with Gasteiger partial charge in [-0.1, -0.05) is 0 Å². The zero-order chi connectivity index (χ0) is 14.0. The van der Waals surface area contributed by atoms with Gasteiger partial charge in [0.1, 0.15) is 5.01 Å². The second-order valence-electron chi connectivity index (χ2n) is 4.09. The van der Waals surface area contributed by atoms with Gasteiger partial charge in [-0.15, -0.1) is 35.5 Å². The molecule has 2 heterocycles. The number of thioether (sulfide) groups is 1. The molecule has 1 N–H and O–H groups in total. The van der Waals surface area contributed by atoms with Gasteiger partial charge >= 0.3 is 6.18 Å². The summed E-state index contributed by atoms with van der Waals surface area (Å²) in [5.74, 6) is 1.29. The van der Waals surface area contributed by atoms with Crippen molar-refractivity contribution >= 4 is 41.4 Å². The van der Waals surface area contributed by atoms with Crippen molar-refractivity contribution in [3.63, 3.8) is 0 Å². The molecule has 1 aromatic rings. The number of nitrogens with one attached hydrogen (secondary N) is 1. The van der Waals surface area contributed by atoms with E-state index >= 15 is 0 Å². The van der Waals surface area contributed by atoms with E-state index in [0.717, 1.165) is 22.6 Å². The van der Waals surface area contributed by atoms with E-state index in [2.05, 4.69) is 10.3 Å². The number of aromatic nitrogens is 1. The summed E-state index contributed by atoms with van der Waals surface area (Å²) in [5, 5.41) is 4.28. The van der Waals surface area contributed by atoms with Crippen LogP contribution >= 0.6 is 35.5 Å². The number of halogens is 4. The van der Waals surface area contributed by atoms with Crippen LogP contribution in [-0.2, 0) is 17.5 Å². The molecule has 20 heavy (non-hydrogen) atoms. The molecule has 1 unspecified atom stereocenters. The molecule has 0 saturated carbocycles. The minimum atomic E-state index is -4.43. The highest BCUT2D eigenvalue weighted by atomic mass is 35.5. The van der Waals surface area contributed by atoms with Gasteiger partial charge in [0.25, 0.3) is 0 Å². The van der Waals surface area contributed by atoms with Crippen LogP contribution < -0.4 is 5.32 Å². The summed E-state index contributed by atoms with van der Waals surface area (Å²) in [6, 6.07) is -0.253. The molecule has 1 saturated heterocycles. The van der Waals surface area contributed by atoms with Crippen LogP contribution in [-0.4, -0.2) is 40.5 Å². The molecule has 0 spiro atoms. The Morgan fingerprint density at radius 3 is 2.80 bits per heavy atom. The number of thiazole rings is 1. The number of carbonyl (C=O) groups is 1. The van der Waals surface area contributed by atoms with E-state index in [4.69, 9.17) is 0 Å². The van der Waals surface area contributed by atoms with Crippen LogP contribution in [0.15, 0.2) is 5.38 Å². The summed E-state index contributed by atoms with van der Waals surface area (Å²) in [5.41, 5.74) is -0.900. The van der Waals surface area contributed by atoms with Crippen LogP contribution in [0.25, 0.3) is 0 Å². The second kappa shape index (κ2) is 6.97. The van der Waals surface area contributed by atoms with Crippen LogP contribution in [0.1, 0.15) is 10.7 Å². The molecule has 114 valence electrons. The fourth-order valence-electron chi connectivity index (χ4n) is 1.61. The molecule has 1 aliphatic heterocycles. The summed E-state index contributed by atoms with van der Waals surface area (Å²) in [6.07, 6.45) is -4.43. The molecule has 0 aliphatic carbocycles. The van der Waals surface area contributed by atoms with Gasteiger partial charge in [0.15, 0.2) is 5.69 Å². The normalized spacial score (nSPS) is 18.7. The highest BCUT2D eigenvalue weighted by Gasteiger charge is 2.34. The summed E-state index contributed by atoms with van der Waals surface area (Å²) in [4.78, 5) is 16.9. The third-order valence-electron chi connectivity index (χ3n) is 2.61. The van der Waals surface area contributed by atoms with Crippen LogP contribution in [0, 0.1) is 0 Å². The number of alkyl halides is 3. The van der Waals surface area contributed by atoms with Crippen molar-refractivity contribution in [1.82, 2.24) is 15.2 Å². The second-order valence-corrected chi connectivity index (χ2v) is 6.06. The Balaban J connectivity index is 0.00000200. The monoisotopic (exact) mass is 347 g/mol. The van der Waals surface area contributed by atoms with E-state index < -0.39 is 11.9 Å². The summed E-state index contributed by atoms with van der Waals surface area (Å²) in [6.45, 7) is 0.0996. The zero-order valence-corrected chi connectivity index (χ0v) is 12.9. The third kappa shape index (κ3) is 4.24. The molecular formula is C10H13ClF3N3OS2. The quantitative estimate of drug-likeness (QED) is 0.910. The van der Waals surface area contributed by atoms with Crippen molar-refractivity contribution in [2.75, 3.05) is 18.7 Å². The molecule has 0 bridgehead atoms. The predicted molar refractivity (Wildman–Crippen MR) is 75.1 cm³/mol. The van der Waals surface area contributed by atoms with E-state index in [1.165, 1.54) is 4.90 Å². The Hall–Kier alpha value is -0.510. The van der Waals surface area contributed by atoms with Crippen molar-refractivity contribution in [2.24, 2.45) is 0 Å². The molecule has 1 atom stereocenters. The van der Waals surface area contributed by atoms with Crippen LogP contribution in [0.5, 0.6) is 0 Å². The minimum absolute atomic E-state index is 0. The molecule has 1 amide bonds. The fourth-order valence-corrected chi connectivity index (χ4v) is 3.40. The standard InChI is InChI=1S/C10H12F3N3OS2.ClH/c1-16(9(17)6-3-18-5-14-6)2-8-15-7(4-19-8)10(11,12)13;/h4,6,14H,2-3,5H2,1H3;1H. The van der Waals surface area contributed by atoms with E-state index in [1.54, 1.807) is 18.8 Å². The van der Waals surface area contributed by atoms with Crippen LogP contribution in [0.4, 0.5) is 13.2 Å². The summed E-state index contributed by atoms with van der Waals surface area (Å²) < 4.78 is 37.2. The number of carbonyl (C=O) groups excluding carboxylic acids is 1. The Bertz CT molecular complexity index is 463. The predicted octanol–water partition coefficient (Wildman–Crippen LogP) is 2.20. The highest BCUT2D eigenvalue weighted by Crippen LogP contribution is 2.30. The van der Waals surface area contributed by atoms with Crippen molar-refractivity contribution in [2.45, 2.75) is 18.8 Å². The number of hydrogen-bond donors (Lipinski definition) is 1. The lowest BCUT2D eigenvalue weighted by atomic mass is 10.3. The van der Waals surface area contributed by atoms with Gasteiger partial charge in [-0.25, -0.2) is 4.98 Å². The smallest absolute Gasteiger partial charge is 0.338 e. The topological polar surface area (TPSA) is 45.2 Å². The molecule has 1 aliphatic rings. The average Bonchev–Trinajstić information content (AvgIpc) is 2.97. The summed E-state index contributed by atoms with van der Waals surface area (Å²) in [7, 11) is 1.57. The van der Waals surface area contributed by atoms with E-state index in [1.807, 2.05) is 0 Å². The first kappa shape index (κ1) is 17.5. The van der Waals surface area contributed by atoms with Crippen LogP contribution in [0.3, 0.4) is 0 Å². The molecule has 1 aromatic heterocycles. The van der Waals surface area contributed by atoms with Gasteiger partial charge in [-0.05, 0) is 0 Å². The number of amides is 1. The lowest BCUT2D eigenvalue weighted by Crippen LogP contribution is -2.42. The Kier molecular flexibility index (Phi) is 6.11.